The largest absolute Gasteiger partial charge is 1.00 e. The van der Waals surface area contributed by atoms with E-state index in [4.69, 9.17) is 47.1 Å². The van der Waals surface area contributed by atoms with Crippen LogP contribution in [0.4, 0.5) is 17.8 Å². The first-order valence-corrected chi connectivity index (χ1v) is 26.8. The van der Waals surface area contributed by atoms with Crippen molar-refractivity contribution in [3.63, 3.8) is 0 Å². The number of benzene rings is 2. The van der Waals surface area contributed by atoms with Crippen LogP contribution in [0.2, 0.25) is 0 Å². The van der Waals surface area contributed by atoms with Crippen molar-refractivity contribution in [1.82, 2.24) is 59.7 Å². The molecule has 78 heavy (non-hydrogen) atoms. The maximum Gasteiger partial charge on any atom is 0.248 e. The molecule has 8 rings (SSSR count). The average molecular weight is 1090 g/mol. The smallest absolute Gasteiger partial charge is 0.248 e. The molecule has 2 aromatic carbocycles. The Balaban J connectivity index is 0.00000882. The number of para-hydroxylation sites is 1. The van der Waals surface area contributed by atoms with E-state index in [0.29, 0.717) is 140 Å². The first-order chi connectivity index (χ1) is 37.4. The van der Waals surface area contributed by atoms with Crippen molar-refractivity contribution in [2.24, 2.45) is 23.3 Å². The molecule has 2 amide bonds. The molecule has 0 saturated carbocycles. The molecular formula is C54H75ClN17O6-. The predicted molar refractivity (Wildman–Crippen MR) is 292 cm³/mol. The summed E-state index contributed by atoms with van der Waals surface area (Å²) in [6, 6.07) is 15.0. The van der Waals surface area contributed by atoms with Gasteiger partial charge in [-0.1, -0.05) is 80.8 Å². The molecule has 23 nitrogen and oxygen atoms in total. The number of carbonyl (C=O) groups is 2. The molecule has 5 unspecified atom stereocenters. The molecule has 6 aromatic rings. The van der Waals surface area contributed by atoms with E-state index in [2.05, 4.69) is 80.4 Å². The molecule has 0 spiro atoms. The van der Waals surface area contributed by atoms with Crippen LogP contribution in [0, 0.1) is 24.2 Å². The normalized spacial score (nSPS) is 15.9. The van der Waals surface area contributed by atoms with Crippen molar-refractivity contribution >= 4 is 40.6 Å². The van der Waals surface area contributed by atoms with Crippen LogP contribution in [0.25, 0.3) is 10.9 Å². The number of H-pyrrole nitrogens is 1. The van der Waals surface area contributed by atoms with Crippen LogP contribution < -0.4 is 39.0 Å². The highest BCUT2D eigenvalue weighted by atomic mass is 35.5. The Bertz CT molecular complexity index is 2820. The number of hydrogen-bond donors (Lipinski definition) is 5. The van der Waals surface area contributed by atoms with E-state index < -0.39 is 18.1 Å². The number of ether oxygens (including phenoxy) is 3. The van der Waals surface area contributed by atoms with Gasteiger partial charge < -0.3 is 73.1 Å². The van der Waals surface area contributed by atoms with Gasteiger partial charge in [0.25, 0.3) is 0 Å². The Morgan fingerprint density at radius 3 is 1.97 bits per heavy atom. The maximum atomic E-state index is 14.8. The number of nitrogens with zero attached hydrogens (tertiary/aromatic N) is 13. The number of anilines is 3. The zero-order valence-electron chi connectivity index (χ0n) is 45.2. The molecule has 5 atom stereocenters. The molecule has 4 aromatic heterocycles. The molecule has 2 saturated heterocycles. The molecule has 24 heteroatoms. The molecule has 2 fully saturated rings. The molecule has 0 bridgehead atoms. The van der Waals surface area contributed by atoms with Crippen molar-refractivity contribution < 1.29 is 41.3 Å². The quantitative estimate of drug-likeness (QED) is 0.0351. The molecular weight excluding hydrogens is 1020 g/mol. The lowest BCUT2D eigenvalue weighted by Gasteiger charge is -2.38. The number of piperazine rings is 2. The maximum absolute atomic E-state index is 14.8. The highest BCUT2D eigenvalue weighted by molar-refractivity contribution is 5.83. The predicted octanol–water partition coefficient (Wildman–Crippen LogP) is 0.697. The van der Waals surface area contributed by atoms with E-state index in [1.165, 1.54) is 0 Å². The fraction of sp³-hybridized carbons (Fsp3) is 0.537. The Kier molecular flexibility index (Phi) is 21.5. The lowest BCUT2D eigenvalue weighted by Crippen LogP contribution is -3.00. The lowest BCUT2D eigenvalue weighted by molar-refractivity contribution is -0.137. The average Bonchev–Trinajstić information content (AvgIpc) is 4.25. The third-order valence-corrected chi connectivity index (χ3v) is 14.1. The SMILES string of the molecule is C#CCOCCOCCOCCNc1nc(N2CCN(C(=O)C(Cc3cc4ccccc4[nH]3)n3cc(C(N)Cc4ccc(O)cc4)nn3)CC2)nc(N2CCN(C(=O)C(C(C)CC)n3cc(C(N)CC(C)C)nn3)CC2)n1.[Cl-]. The topological polar surface area (TPSA) is 275 Å². The molecule has 0 aliphatic carbocycles. The number of terminal acetylenes is 1. The number of amides is 2. The summed E-state index contributed by atoms with van der Waals surface area (Å²) in [5, 5.41) is 31.9. The molecule has 7 N–H and O–H groups in total. The van der Waals surface area contributed by atoms with Crippen LogP contribution >= 0.6 is 0 Å². The van der Waals surface area contributed by atoms with Gasteiger partial charge in [-0.05, 0) is 59.9 Å². The van der Waals surface area contributed by atoms with E-state index in [-0.39, 0.29) is 48.5 Å². The second kappa shape index (κ2) is 28.6. The van der Waals surface area contributed by atoms with E-state index in [9.17, 15) is 14.7 Å². The Morgan fingerprint density at radius 2 is 1.35 bits per heavy atom. The third-order valence-electron chi connectivity index (χ3n) is 14.1. The van der Waals surface area contributed by atoms with E-state index >= 15 is 0 Å². The zero-order chi connectivity index (χ0) is 54.3. The number of rotatable bonds is 27. The van der Waals surface area contributed by atoms with E-state index in [1.807, 2.05) is 52.4 Å². The summed E-state index contributed by atoms with van der Waals surface area (Å²) < 4.78 is 20.0. The molecule has 2 aliphatic heterocycles. The number of carbonyl (C=O) groups excluding carboxylic acids is 2. The van der Waals surface area contributed by atoms with Crippen LogP contribution in [-0.2, 0) is 36.6 Å². The molecule has 2 aliphatic rings. The number of nitrogens with one attached hydrogen (secondary N) is 2. The van der Waals surface area contributed by atoms with Gasteiger partial charge in [-0.3, -0.25) is 9.59 Å². The minimum atomic E-state index is -0.717. The van der Waals surface area contributed by atoms with Gasteiger partial charge in [0.05, 0.1) is 68.9 Å². The summed E-state index contributed by atoms with van der Waals surface area (Å²) in [6.45, 7) is 14.7. The van der Waals surface area contributed by atoms with Gasteiger partial charge in [-0.25, -0.2) is 9.36 Å². The number of phenols is 1. The van der Waals surface area contributed by atoms with Gasteiger partial charge in [0, 0.05) is 76.5 Å². The summed E-state index contributed by atoms with van der Waals surface area (Å²) in [7, 11) is 0. The Hall–Kier alpha value is -6.94. The van der Waals surface area contributed by atoms with Gasteiger partial charge >= 0.3 is 0 Å². The third kappa shape index (κ3) is 15.6. The van der Waals surface area contributed by atoms with Gasteiger partial charge in [-0.2, -0.15) is 15.0 Å². The monoisotopic (exact) mass is 1090 g/mol. The van der Waals surface area contributed by atoms with Gasteiger partial charge in [-0.15, -0.1) is 16.6 Å². The summed E-state index contributed by atoms with van der Waals surface area (Å²) >= 11 is 0. The van der Waals surface area contributed by atoms with E-state index in [0.717, 1.165) is 35.0 Å². The minimum absolute atomic E-state index is 0. The Morgan fingerprint density at radius 1 is 0.756 bits per heavy atom. The van der Waals surface area contributed by atoms with Crippen molar-refractivity contribution in [3.8, 4) is 18.1 Å². The highest BCUT2D eigenvalue weighted by Crippen LogP contribution is 2.28. The number of aromatic nitrogens is 10. The first kappa shape index (κ1) is 58.7. The van der Waals surface area contributed by atoms with Crippen molar-refractivity contribution in [2.45, 2.75) is 77.5 Å². The van der Waals surface area contributed by atoms with E-state index in [1.54, 1.807) is 27.7 Å². The fourth-order valence-electron chi connectivity index (χ4n) is 9.59. The van der Waals surface area contributed by atoms with Crippen molar-refractivity contribution in [3.05, 3.63) is 89.6 Å². The van der Waals surface area contributed by atoms with Gasteiger partial charge in [0.15, 0.2) is 0 Å². The fourth-order valence-corrected chi connectivity index (χ4v) is 9.59. The summed E-state index contributed by atoms with van der Waals surface area (Å²) in [4.78, 5) is 55.4. The van der Waals surface area contributed by atoms with Crippen LogP contribution in [0.3, 0.4) is 0 Å². The summed E-state index contributed by atoms with van der Waals surface area (Å²) in [6.07, 6.45) is 11.2. The number of aromatic amines is 1. The number of aromatic hydroxyl groups is 1. The Labute approximate surface area is 462 Å². The van der Waals surface area contributed by atoms with Crippen LogP contribution in [0.15, 0.2) is 67.0 Å². The van der Waals surface area contributed by atoms with Crippen LogP contribution in [-0.4, -0.2) is 175 Å². The first-order valence-electron chi connectivity index (χ1n) is 26.8. The standard InChI is InChI=1S/C54H75N17O6.ClH/c1-6-25-75-27-29-77-30-28-76-26-16-57-52-59-53(61-54(60-52)69-23-19-67(20-24-69)51(74)49(38(5)7-2)71-36-47(63-65-71)43(55)31-37(3)4)68-21-17-66(18-22-68)50(73)48(34-41-33-40-10-8-9-11-45(40)58-41)70-35-46(62-64-70)44(56)32-39-12-14-42(72)15-13-39;/h1,8-15,33,35-38,43-44,48-49,58,72H,7,16-32,34,55-56H2,2-5H3,(H,57,59,60,61);1H/p-1. The number of nitrogens with two attached hydrogens (primary N) is 2. The van der Waals surface area contributed by atoms with Crippen molar-refractivity contribution in [1.29, 1.82) is 0 Å². The van der Waals surface area contributed by atoms with Crippen LogP contribution in [0.5, 0.6) is 5.75 Å². The number of fused-ring (bicyclic) bond motifs is 1. The highest BCUT2D eigenvalue weighted by Gasteiger charge is 2.35. The number of phenolic OH excluding ortho intramolecular Hbond substituents is 1. The number of halogens is 1. The molecule has 420 valence electrons. The molecule has 6 heterocycles. The van der Waals surface area contributed by atoms with Gasteiger partial charge in [0.1, 0.15) is 24.4 Å². The van der Waals surface area contributed by atoms with Crippen LogP contribution in [0.1, 0.15) is 87.3 Å². The van der Waals surface area contributed by atoms with Crippen molar-refractivity contribution in [2.75, 3.05) is 114 Å². The molecule has 0 radical (unpaired) electrons. The zero-order valence-corrected chi connectivity index (χ0v) is 45.9. The second-order valence-electron chi connectivity index (χ2n) is 20.2. The number of hydrogen-bond acceptors (Lipinski definition) is 18. The summed E-state index contributed by atoms with van der Waals surface area (Å²) in [5.41, 5.74) is 17.2. The van der Waals surface area contributed by atoms with Gasteiger partial charge in [0.2, 0.25) is 29.7 Å². The minimum Gasteiger partial charge on any atom is -1.00 e. The second-order valence-corrected chi connectivity index (χ2v) is 20.2. The summed E-state index contributed by atoms with van der Waals surface area (Å²) in [5.74, 6) is 4.23. The lowest BCUT2D eigenvalue weighted by atomic mass is 9.97.